The van der Waals surface area contributed by atoms with Crippen LogP contribution in [0.2, 0.25) is 0 Å². The van der Waals surface area contributed by atoms with Crippen LogP contribution in [0.3, 0.4) is 0 Å². The summed E-state index contributed by atoms with van der Waals surface area (Å²) in [6.45, 7) is 25.8. The molecular formula is C44H73N3O6S. The molecular weight excluding hydrogens is 699 g/mol. The molecule has 0 amide bonds. The Labute approximate surface area is 326 Å². The molecule has 306 valence electrons. The van der Waals surface area contributed by atoms with Crippen LogP contribution in [0.15, 0.2) is 12.2 Å². The highest BCUT2D eigenvalue weighted by Gasteiger charge is 2.72. The smallest absolute Gasteiger partial charge is 0.310 e. The molecule has 6 aliphatic carbocycles. The Balaban J connectivity index is 1.08. The van der Waals surface area contributed by atoms with Crippen LogP contribution in [0, 0.1) is 68.5 Å². The molecule has 0 bridgehead atoms. The van der Waals surface area contributed by atoms with Crippen molar-refractivity contribution in [3.8, 4) is 0 Å². The summed E-state index contributed by atoms with van der Waals surface area (Å²) >= 11 is 0. The molecule has 1 saturated heterocycles. The number of carboxylic acid groups (broad SMARTS) is 1. The lowest BCUT2D eigenvalue weighted by Crippen LogP contribution is -2.69. The Bertz CT molecular complexity index is 1610. The van der Waals surface area contributed by atoms with Gasteiger partial charge in [0.1, 0.15) is 6.10 Å². The average molecular weight is 772 g/mol. The average Bonchev–Trinajstić information content (AvgIpc) is 3.47. The third-order valence-electron chi connectivity index (χ3n) is 18.7. The van der Waals surface area contributed by atoms with Gasteiger partial charge in [0, 0.05) is 36.6 Å². The molecule has 10 heteroatoms. The van der Waals surface area contributed by atoms with E-state index < -0.39 is 33.1 Å². The van der Waals surface area contributed by atoms with Gasteiger partial charge < -0.3 is 20.9 Å². The zero-order valence-electron chi connectivity index (χ0n) is 34.8. The van der Waals surface area contributed by atoms with Gasteiger partial charge in [0.2, 0.25) is 0 Å². The third kappa shape index (κ3) is 6.10. The Morgan fingerprint density at radius 1 is 0.870 bits per heavy atom. The van der Waals surface area contributed by atoms with Gasteiger partial charge in [-0.25, -0.2) is 8.42 Å². The molecule has 0 aromatic rings. The van der Waals surface area contributed by atoms with Crippen LogP contribution in [-0.2, 0) is 24.2 Å². The maximum absolute atomic E-state index is 13.5. The minimum absolute atomic E-state index is 0.0994. The highest BCUT2D eigenvalue weighted by Crippen LogP contribution is 2.76. The summed E-state index contributed by atoms with van der Waals surface area (Å²) in [7, 11) is -2.93. The number of nitrogens with two attached hydrogens (primary N) is 1. The van der Waals surface area contributed by atoms with E-state index in [4.69, 9.17) is 10.5 Å². The summed E-state index contributed by atoms with van der Waals surface area (Å²) in [5.41, 5.74) is 7.58. The fourth-order valence-corrected chi connectivity index (χ4v) is 16.6. The lowest BCUT2D eigenvalue weighted by Gasteiger charge is -2.73. The number of carbonyl (C=O) groups is 2. The van der Waals surface area contributed by atoms with Crippen LogP contribution >= 0.6 is 0 Å². The number of carbonyl (C=O) groups excluding carboxylic acids is 1. The summed E-state index contributed by atoms with van der Waals surface area (Å²) in [6.07, 6.45) is 12.3. The van der Waals surface area contributed by atoms with Crippen molar-refractivity contribution in [2.75, 3.05) is 37.7 Å². The first-order valence-electron chi connectivity index (χ1n) is 21.6. The summed E-state index contributed by atoms with van der Waals surface area (Å²) < 4.78 is 30.6. The van der Waals surface area contributed by atoms with Gasteiger partial charge in [0.05, 0.1) is 23.3 Å². The second-order valence-corrected chi connectivity index (χ2v) is 23.8. The molecule has 6 saturated carbocycles. The molecule has 0 aromatic heterocycles. The van der Waals surface area contributed by atoms with Gasteiger partial charge in [-0.1, -0.05) is 60.6 Å². The van der Waals surface area contributed by atoms with E-state index in [1.54, 1.807) is 0 Å². The predicted molar refractivity (Wildman–Crippen MR) is 213 cm³/mol. The van der Waals surface area contributed by atoms with Crippen LogP contribution in [0.5, 0.6) is 0 Å². The predicted octanol–water partition coefficient (Wildman–Crippen LogP) is 6.70. The number of nitrogens with one attached hydrogen (secondary N) is 1. The van der Waals surface area contributed by atoms with Crippen molar-refractivity contribution >= 4 is 21.8 Å². The lowest BCUT2D eigenvalue weighted by molar-refractivity contribution is -0.246. The van der Waals surface area contributed by atoms with E-state index in [1.807, 2.05) is 13.8 Å². The first-order chi connectivity index (χ1) is 25.1. The minimum Gasteiger partial charge on any atom is -0.481 e. The molecule has 1 heterocycles. The van der Waals surface area contributed by atoms with Crippen LogP contribution in [-0.4, -0.2) is 85.7 Å². The normalized spacial score (nSPS) is 46.5. The van der Waals surface area contributed by atoms with Crippen molar-refractivity contribution in [2.24, 2.45) is 74.2 Å². The maximum Gasteiger partial charge on any atom is 0.310 e. The monoisotopic (exact) mass is 772 g/mol. The summed E-state index contributed by atoms with van der Waals surface area (Å²) in [4.78, 5) is 27.7. The molecule has 7 rings (SSSR count). The number of hydrogen-bond donors (Lipinski definition) is 3. The van der Waals surface area contributed by atoms with Gasteiger partial charge in [-0.3, -0.25) is 14.5 Å². The molecule has 54 heavy (non-hydrogen) atoms. The second-order valence-electron chi connectivity index (χ2n) is 21.5. The van der Waals surface area contributed by atoms with Gasteiger partial charge >= 0.3 is 11.9 Å². The topological polar surface area (TPSA) is 139 Å². The standard InChI is InChI=1S/C44H73N3O6S/c1-27(2)29-12-18-44(46-21-15-28(26-45)47-22-24-54(51,52)25-23-47)20-19-42(8)30(34(29)44)10-11-32-41(7)16-14-33(39(3,4)31(41)13-17-43(32,42)9)53-38(50)36-35(37(48)49)40(36,5)6/h28-36,46H,1,10-26,45H2,2-9H3,(H,48,49)/t28?,29-,30+,31-,32+,33-,34+,35-,36+,41-,42+,43+,44-/m0/s1. The van der Waals surface area contributed by atoms with E-state index in [1.165, 1.54) is 50.5 Å². The van der Waals surface area contributed by atoms with Crippen molar-refractivity contribution in [3.63, 3.8) is 0 Å². The first-order valence-corrected chi connectivity index (χ1v) is 23.4. The Morgan fingerprint density at radius 3 is 2.17 bits per heavy atom. The van der Waals surface area contributed by atoms with E-state index in [9.17, 15) is 23.1 Å². The van der Waals surface area contributed by atoms with E-state index in [0.29, 0.717) is 49.2 Å². The summed E-state index contributed by atoms with van der Waals surface area (Å²) in [5, 5.41) is 14.0. The molecule has 0 spiro atoms. The molecule has 7 fully saturated rings. The fourth-order valence-electron chi connectivity index (χ4n) is 15.4. The SMILES string of the molecule is C=C(C)[C@@H]1CC[C@]2(NCCC(CN)N3CCS(=O)(=O)CC3)CC[C@]3(C)[C@H](CC[C@@H]4[C@@]5(C)CC[C@H](OC(=O)[C@H]6[C@@H](C(=O)O)C6(C)C)C(C)(C)[C@@H]5CC[C@]43C)[C@@H]12. The minimum atomic E-state index is -2.93. The van der Waals surface area contributed by atoms with E-state index in [2.05, 4.69) is 58.3 Å². The zero-order chi connectivity index (χ0) is 39.4. The number of carboxylic acids is 1. The van der Waals surface area contributed by atoms with Crippen molar-refractivity contribution in [3.05, 3.63) is 12.2 Å². The maximum atomic E-state index is 13.5. The van der Waals surface area contributed by atoms with Gasteiger partial charge in [-0.2, -0.15) is 0 Å². The molecule has 13 atom stereocenters. The van der Waals surface area contributed by atoms with Gasteiger partial charge in [-0.15, -0.1) is 0 Å². The number of fused-ring (bicyclic) bond motifs is 7. The summed E-state index contributed by atoms with van der Waals surface area (Å²) in [6, 6.07) is 0.199. The number of rotatable bonds is 10. The molecule has 7 aliphatic rings. The van der Waals surface area contributed by atoms with Crippen molar-refractivity contribution in [2.45, 2.75) is 144 Å². The Hall–Kier alpha value is -1.49. The number of nitrogens with zero attached hydrogens (tertiary/aromatic N) is 1. The van der Waals surface area contributed by atoms with Crippen molar-refractivity contribution < 1.29 is 27.9 Å². The number of aliphatic carboxylic acids is 1. The molecule has 1 aliphatic heterocycles. The van der Waals surface area contributed by atoms with E-state index in [0.717, 1.165) is 32.2 Å². The third-order valence-corrected chi connectivity index (χ3v) is 20.3. The van der Waals surface area contributed by atoms with Crippen LogP contribution in [0.1, 0.15) is 126 Å². The fraction of sp³-hybridized carbons (Fsp3) is 0.909. The molecule has 0 radical (unpaired) electrons. The number of ether oxygens (including phenoxy) is 1. The highest BCUT2D eigenvalue weighted by molar-refractivity contribution is 7.91. The molecule has 0 aromatic carbocycles. The lowest BCUT2D eigenvalue weighted by atomic mass is 9.32. The van der Waals surface area contributed by atoms with Gasteiger partial charge in [0.25, 0.3) is 0 Å². The largest absolute Gasteiger partial charge is 0.481 e. The van der Waals surface area contributed by atoms with Gasteiger partial charge in [0.15, 0.2) is 9.84 Å². The molecule has 1 unspecified atom stereocenters. The zero-order valence-corrected chi connectivity index (χ0v) is 35.7. The number of sulfone groups is 1. The van der Waals surface area contributed by atoms with Crippen LogP contribution in [0.4, 0.5) is 0 Å². The second kappa shape index (κ2) is 13.5. The van der Waals surface area contributed by atoms with E-state index in [-0.39, 0.29) is 56.8 Å². The van der Waals surface area contributed by atoms with Gasteiger partial charge in [-0.05, 0) is 135 Å². The Morgan fingerprint density at radius 2 is 1.56 bits per heavy atom. The molecule has 9 nitrogen and oxygen atoms in total. The van der Waals surface area contributed by atoms with E-state index >= 15 is 0 Å². The van der Waals surface area contributed by atoms with Crippen LogP contribution < -0.4 is 11.1 Å². The van der Waals surface area contributed by atoms with Crippen molar-refractivity contribution in [1.82, 2.24) is 10.2 Å². The number of allylic oxidation sites excluding steroid dienone is 1. The number of hydrogen-bond acceptors (Lipinski definition) is 8. The first kappa shape index (κ1) is 40.7. The summed E-state index contributed by atoms with van der Waals surface area (Å²) in [5.74, 6) is 0.781. The van der Waals surface area contributed by atoms with Crippen molar-refractivity contribution in [1.29, 1.82) is 0 Å². The highest BCUT2D eigenvalue weighted by atomic mass is 32.2. The quantitative estimate of drug-likeness (QED) is 0.164. The molecule has 4 N–H and O–H groups in total. The Kier molecular flexibility index (Phi) is 10.2. The van der Waals surface area contributed by atoms with Crippen LogP contribution in [0.25, 0.3) is 0 Å². The number of esters is 1.